The van der Waals surface area contributed by atoms with Crippen molar-refractivity contribution in [2.24, 2.45) is 0 Å². The van der Waals surface area contributed by atoms with Gasteiger partial charge in [0.15, 0.2) is 0 Å². The van der Waals surface area contributed by atoms with E-state index in [0.29, 0.717) is 11.6 Å². The molecule has 0 saturated heterocycles. The summed E-state index contributed by atoms with van der Waals surface area (Å²) in [6, 6.07) is 6.90. The van der Waals surface area contributed by atoms with Crippen LogP contribution in [0.2, 0.25) is 5.02 Å². The van der Waals surface area contributed by atoms with Gasteiger partial charge in [-0.3, -0.25) is 0 Å². The van der Waals surface area contributed by atoms with E-state index in [1.807, 2.05) is 0 Å². The van der Waals surface area contributed by atoms with Crippen LogP contribution in [0.4, 0.5) is 13.6 Å². The van der Waals surface area contributed by atoms with Crippen molar-refractivity contribution in [3.8, 4) is 0 Å². The van der Waals surface area contributed by atoms with Gasteiger partial charge in [-0.1, -0.05) is 23.7 Å². The summed E-state index contributed by atoms with van der Waals surface area (Å²) in [7, 11) is 0. The molecule has 0 saturated carbocycles. The molecule has 7 heteroatoms. The number of hydrogen-bond donors (Lipinski definition) is 2. The molecule has 124 valence electrons. The largest absolute Gasteiger partial charge is 0.444 e. The Kier molecular flexibility index (Phi) is 6.56. The highest BCUT2D eigenvalue weighted by Gasteiger charge is 2.30. The third-order valence-electron chi connectivity index (χ3n) is 2.52. The van der Waals surface area contributed by atoms with Crippen LogP contribution in [0.1, 0.15) is 26.3 Å². The van der Waals surface area contributed by atoms with Gasteiger partial charge < -0.3 is 15.4 Å². The van der Waals surface area contributed by atoms with Crippen molar-refractivity contribution in [3.05, 3.63) is 34.9 Å². The molecule has 0 spiro atoms. The fourth-order valence-corrected chi connectivity index (χ4v) is 1.70. The molecule has 1 rings (SSSR count). The first-order valence-corrected chi connectivity index (χ1v) is 7.25. The zero-order valence-corrected chi connectivity index (χ0v) is 13.6. The first kappa shape index (κ1) is 18.6. The standard InChI is InChI=1S/C15H21ClF2N2O2/c1-14(2,3)22-13(21)20-10-15(17,18)9-19-8-11-4-6-12(16)7-5-11/h4-7,19H,8-10H2,1-3H3,(H,20,21). The number of ether oxygens (including phenoxy) is 1. The zero-order chi connectivity index (χ0) is 16.8. The Morgan fingerprint density at radius 3 is 2.32 bits per heavy atom. The molecule has 0 aromatic heterocycles. The van der Waals surface area contributed by atoms with Crippen LogP contribution >= 0.6 is 11.6 Å². The maximum Gasteiger partial charge on any atom is 0.407 e. The third-order valence-corrected chi connectivity index (χ3v) is 2.77. The van der Waals surface area contributed by atoms with Gasteiger partial charge in [0.2, 0.25) is 0 Å². The Morgan fingerprint density at radius 2 is 1.77 bits per heavy atom. The Labute approximate surface area is 134 Å². The van der Waals surface area contributed by atoms with Gasteiger partial charge in [0.05, 0.1) is 13.1 Å². The van der Waals surface area contributed by atoms with Crippen LogP contribution < -0.4 is 10.6 Å². The molecule has 0 fully saturated rings. The van der Waals surface area contributed by atoms with E-state index in [1.165, 1.54) is 0 Å². The molecular weight excluding hydrogens is 314 g/mol. The van der Waals surface area contributed by atoms with Gasteiger partial charge in [0, 0.05) is 11.6 Å². The van der Waals surface area contributed by atoms with Gasteiger partial charge in [0.25, 0.3) is 5.92 Å². The fourth-order valence-electron chi connectivity index (χ4n) is 1.57. The van der Waals surface area contributed by atoms with E-state index in [9.17, 15) is 13.6 Å². The molecule has 2 N–H and O–H groups in total. The average Bonchev–Trinajstić information content (AvgIpc) is 2.37. The number of carbonyl (C=O) groups is 1. The van der Waals surface area contributed by atoms with Crippen LogP contribution in [0.3, 0.4) is 0 Å². The molecule has 4 nitrogen and oxygen atoms in total. The second-order valence-electron chi connectivity index (χ2n) is 5.94. The van der Waals surface area contributed by atoms with Crippen LogP contribution in [-0.4, -0.2) is 30.7 Å². The minimum absolute atomic E-state index is 0.291. The molecule has 1 amide bonds. The highest BCUT2D eigenvalue weighted by molar-refractivity contribution is 6.30. The number of rotatable bonds is 6. The molecular formula is C15H21ClF2N2O2. The van der Waals surface area contributed by atoms with Gasteiger partial charge in [-0.2, -0.15) is 0 Å². The summed E-state index contributed by atoms with van der Waals surface area (Å²) in [5, 5.41) is 5.31. The van der Waals surface area contributed by atoms with E-state index < -0.39 is 30.7 Å². The van der Waals surface area contributed by atoms with Crippen molar-refractivity contribution in [2.75, 3.05) is 13.1 Å². The predicted molar refractivity (Wildman–Crippen MR) is 82.3 cm³/mol. The number of amides is 1. The van der Waals surface area contributed by atoms with Crippen LogP contribution in [0.25, 0.3) is 0 Å². The fraction of sp³-hybridized carbons (Fsp3) is 0.533. The van der Waals surface area contributed by atoms with Gasteiger partial charge >= 0.3 is 6.09 Å². The van der Waals surface area contributed by atoms with Crippen molar-refractivity contribution in [1.29, 1.82) is 0 Å². The lowest BCUT2D eigenvalue weighted by Gasteiger charge is -2.22. The summed E-state index contributed by atoms with van der Waals surface area (Å²) in [5.74, 6) is -3.07. The van der Waals surface area contributed by atoms with Crippen molar-refractivity contribution in [3.63, 3.8) is 0 Å². The SMILES string of the molecule is CC(C)(C)OC(=O)NCC(F)(F)CNCc1ccc(Cl)cc1. The molecule has 0 atom stereocenters. The second kappa shape index (κ2) is 7.74. The lowest BCUT2D eigenvalue weighted by molar-refractivity contribution is -0.00376. The monoisotopic (exact) mass is 334 g/mol. The van der Waals surface area contributed by atoms with E-state index in [2.05, 4.69) is 10.6 Å². The first-order valence-electron chi connectivity index (χ1n) is 6.87. The van der Waals surface area contributed by atoms with E-state index in [0.717, 1.165) is 5.56 Å². The van der Waals surface area contributed by atoms with Crippen molar-refractivity contribution >= 4 is 17.7 Å². The van der Waals surface area contributed by atoms with Gasteiger partial charge in [-0.15, -0.1) is 0 Å². The molecule has 0 aliphatic heterocycles. The highest BCUT2D eigenvalue weighted by Crippen LogP contribution is 2.13. The number of hydrogen-bond acceptors (Lipinski definition) is 3. The van der Waals surface area contributed by atoms with Crippen molar-refractivity contribution < 1.29 is 18.3 Å². The van der Waals surface area contributed by atoms with Crippen LogP contribution in [0.15, 0.2) is 24.3 Å². The maximum atomic E-state index is 13.6. The zero-order valence-electron chi connectivity index (χ0n) is 12.9. The molecule has 1 aromatic rings. The summed E-state index contributed by atoms with van der Waals surface area (Å²) < 4.78 is 32.2. The topological polar surface area (TPSA) is 50.4 Å². The van der Waals surface area contributed by atoms with E-state index in [1.54, 1.807) is 45.0 Å². The van der Waals surface area contributed by atoms with E-state index in [-0.39, 0.29) is 0 Å². The number of carbonyl (C=O) groups excluding carboxylic acids is 1. The summed E-state index contributed by atoms with van der Waals surface area (Å²) in [6.07, 6.45) is -0.857. The molecule has 1 aromatic carbocycles. The smallest absolute Gasteiger partial charge is 0.407 e. The quantitative estimate of drug-likeness (QED) is 0.836. The number of benzene rings is 1. The van der Waals surface area contributed by atoms with Crippen LogP contribution in [-0.2, 0) is 11.3 Å². The summed E-state index contributed by atoms with van der Waals surface area (Å²) in [5.41, 5.74) is 0.131. The molecule has 0 aliphatic rings. The van der Waals surface area contributed by atoms with Crippen LogP contribution in [0, 0.1) is 0 Å². The van der Waals surface area contributed by atoms with Gasteiger partial charge in [-0.25, -0.2) is 13.6 Å². The number of nitrogens with one attached hydrogen (secondary N) is 2. The molecule has 0 unspecified atom stereocenters. The Bertz CT molecular complexity index is 487. The summed E-state index contributed by atoms with van der Waals surface area (Å²) >= 11 is 5.74. The van der Waals surface area contributed by atoms with Gasteiger partial charge in [-0.05, 0) is 38.5 Å². The molecule has 0 aliphatic carbocycles. The first-order chi connectivity index (χ1) is 10.1. The van der Waals surface area contributed by atoms with Crippen LogP contribution in [0.5, 0.6) is 0 Å². The lowest BCUT2D eigenvalue weighted by Crippen LogP contribution is -2.44. The minimum atomic E-state index is -3.07. The minimum Gasteiger partial charge on any atom is -0.444 e. The highest BCUT2D eigenvalue weighted by atomic mass is 35.5. The Balaban J connectivity index is 2.31. The molecule has 0 radical (unpaired) electrons. The summed E-state index contributed by atoms with van der Waals surface area (Å²) in [6.45, 7) is 3.95. The maximum absolute atomic E-state index is 13.6. The van der Waals surface area contributed by atoms with E-state index >= 15 is 0 Å². The average molecular weight is 335 g/mol. The predicted octanol–water partition coefficient (Wildman–Crippen LogP) is 3.59. The lowest BCUT2D eigenvalue weighted by atomic mass is 10.2. The molecule has 22 heavy (non-hydrogen) atoms. The number of alkyl carbamates (subject to hydrolysis) is 1. The molecule has 0 bridgehead atoms. The van der Waals surface area contributed by atoms with Gasteiger partial charge in [0.1, 0.15) is 5.60 Å². The summed E-state index contributed by atoms with van der Waals surface area (Å²) in [4.78, 5) is 11.3. The number of halogens is 3. The Morgan fingerprint density at radius 1 is 1.18 bits per heavy atom. The second-order valence-corrected chi connectivity index (χ2v) is 6.38. The number of alkyl halides is 2. The molecule has 0 heterocycles. The van der Waals surface area contributed by atoms with Crippen molar-refractivity contribution in [1.82, 2.24) is 10.6 Å². The Hall–Kier alpha value is -1.40. The third kappa shape index (κ3) is 8.14. The van der Waals surface area contributed by atoms with E-state index in [4.69, 9.17) is 16.3 Å². The normalized spacial score (nSPS) is 12.1. The van der Waals surface area contributed by atoms with Crippen molar-refractivity contribution in [2.45, 2.75) is 38.8 Å².